The number of alkyl halides is 2. The number of para-hydroxylation sites is 1. The summed E-state index contributed by atoms with van der Waals surface area (Å²) in [5.41, 5.74) is 7.70. The maximum Gasteiger partial charge on any atom is 0.251 e. The third-order valence-electron chi connectivity index (χ3n) is 12.0. The van der Waals surface area contributed by atoms with Gasteiger partial charge in [-0.1, -0.05) is 75.4 Å². The van der Waals surface area contributed by atoms with E-state index in [1.54, 1.807) is 17.5 Å². The maximum absolute atomic E-state index is 14.0. The van der Waals surface area contributed by atoms with Gasteiger partial charge in [-0.25, -0.2) is 13.8 Å². The number of pyridine rings is 1. The van der Waals surface area contributed by atoms with E-state index in [2.05, 4.69) is 31.7 Å². The Morgan fingerprint density at radius 3 is 2.48 bits per heavy atom. The molecule has 3 aromatic heterocycles. The lowest BCUT2D eigenvalue weighted by Gasteiger charge is -2.40. The van der Waals surface area contributed by atoms with Crippen LogP contribution in [0.15, 0.2) is 84.5 Å². The average Bonchev–Trinajstić information content (AvgIpc) is 4.00. The highest BCUT2D eigenvalue weighted by molar-refractivity contribution is 7.13. The number of ether oxygens (including phenoxy) is 2. The fraction of sp³-hybridized carbons (Fsp3) is 0.449. The lowest BCUT2D eigenvalue weighted by Crippen LogP contribution is -2.58. The summed E-state index contributed by atoms with van der Waals surface area (Å²) in [5, 5.41) is 17.4. The largest absolute Gasteiger partial charge is 0.492 e. The van der Waals surface area contributed by atoms with Gasteiger partial charge in [-0.2, -0.15) is 0 Å². The molecule has 2 aliphatic heterocycles. The number of aromatic amines is 1. The summed E-state index contributed by atoms with van der Waals surface area (Å²) in [5.74, 6) is -0.704. The Morgan fingerprint density at radius 1 is 1.03 bits per heavy atom. The van der Waals surface area contributed by atoms with Gasteiger partial charge >= 0.3 is 0 Å². The molecule has 0 saturated carbocycles. The molecule has 0 unspecified atom stereocenters. The number of hydrogen-bond donors (Lipinski definition) is 4. The van der Waals surface area contributed by atoms with Crippen molar-refractivity contribution in [2.24, 2.45) is 5.41 Å². The number of aromatic nitrogens is 3. The van der Waals surface area contributed by atoms with Crippen LogP contribution in [0.3, 0.4) is 0 Å². The first-order chi connectivity index (χ1) is 31.2. The van der Waals surface area contributed by atoms with Crippen LogP contribution < -0.4 is 15.4 Å². The minimum absolute atomic E-state index is 0.0171. The van der Waals surface area contributed by atoms with Crippen LogP contribution in [0, 0.1) is 12.3 Å². The highest BCUT2D eigenvalue weighted by atomic mass is 32.1. The van der Waals surface area contributed by atoms with Crippen molar-refractivity contribution in [3.05, 3.63) is 113 Å². The molecule has 0 bridgehead atoms. The zero-order valence-electron chi connectivity index (χ0n) is 37.6. The lowest BCUT2D eigenvalue weighted by molar-refractivity contribution is -0.144. The number of aliphatic hydroxyl groups is 1. The van der Waals surface area contributed by atoms with Gasteiger partial charge in [-0.15, -0.1) is 11.3 Å². The summed E-state index contributed by atoms with van der Waals surface area (Å²) >= 11 is 1.57. The first-order valence-corrected chi connectivity index (χ1v) is 23.1. The molecule has 0 aliphatic carbocycles. The van der Waals surface area contributed by atoms with Crippen molar-refractivity contribution in [3.8, 4) is 16.2 Å². The van der Waals surface area contributed by atoms with Crippen molar-refractivity contribution in [2.75, 3.05) is 32.9 Å². The van der Waals surface area contributed by atoms with Crippen molar-refractivity contribution >= 4 is 40.0 Å². The van der Waals surface area contributed by atoms with Gasteiger partial charge in [0.15, 0.2) is 0 Å². The van der Waals surface area contributed by atoms with Crippen molar-refractivity contribution in [1.29, 1.82) is 0 Å². The van der Waals surface area contributed by atoms with Crippen molar-refractivity contribution in [2.45, 2.75) is 104 Å². The number of carbonyl (C=O) groups is 3. The Morgan fingerprint density at radius 2 is 1.78 bits per heavy atom. The number of nitrogens with zero attached hydrogens (tertiary/aromatic N) is 4. The smallest absolute Gasteiger partial charge is 0.251 e. The minimum Gasteiger partial charge on any atom is -0.492 e. The van der Waals surface area contributed by atoms with Crippen LogP contribution in [0.25, 0.3) is 21.3 Å². The topological polar surface area (TPSA) is 162 Å². The second-order valence-electron chi connectivity index (χ2n) is 17.9. The first-order valence-electron chi connectivity index (χ1n) is 22.2. The SMILES string of the molecule is Cc1ncsc1-c1ccc(CNC(=O)[C@@H]2C[C@@H](O)CN2C(=O)[C@@H](NC(=O)COCC/C=C/CCOc2ccc([C@@H]3c4[nH]c5ccccc5c4C[C@@H](C)N3CC(F)F)nc2)C(C)(C)C)cc1. The average molecular weight is 912 g/mol. The molecule has 1 fully saturated rings. The predicted octanol–water partition coefficient (Wildman–Crippen LogP) is 7.14. The number of aryl methyl sites for hydroxylation is 1. The van der Waals surface area contributed by atoms with E-state index < -0.39 is 47.9 Å². The summed E-state index contributed by atoms with van der Waals surface area (Å²) in [4.78, 5) is 57.2. The van der Waals surface area contributed by atoms with Gasteiger partial charge < -0.3 is 35.1 Å². The van der Waals surface area contributed by atoms with E-state index >= 15 is 0 Å². The molecule has 2 aliphatic rings. The van der Waals surface area contributed by atoms with Gasteiger partial charge in [0.1, 0.15) is 24.4 Å². The van der Waals surface area contributed by atoms with Crippen LogP contribution in [0.2, 0.25) is 0 Å². The van der Waals surface area contributed by atoms with E-state index in [1.165, 1.54) is 4.90 Å². The molecule has 65 heavy (non-hydrogen) atoms. The monoisotopic (exact) mass is 911 g/mol. The Balaban J connectivity index is 0.834. The van der Waals surface area contributed by atoms with Crippen LogP contribution >= 0.6 is 11.3 Å². The van der Waals surface area contributed by atoms with E-state index in [0.29, 0.717) is 37.3 Å². The Kier molecular flexibility index (Phi) is 15.4. The molecule has 13 nitrogen and oxygen atoms in total. The minimum atomic E-state index is -2.48. The third kappa shape index (κ3) is 11.6. The van der Waals surface area contributed by atoms with Gasteiger partial charge in [0, 0.05) is 42.1 Å². The third-order valence-corrected chi connectivity index (χ3v) is 13.0. The van der Waals surface area contributed by atoms with Crippen LogP contribution in [-0.2, 0) is 32.1 Å². The normalized spacial score (nSPS) is 19.5. The number of hydrogen-bond acceptors (Lipinski definition) is 10. The summed E-state index contributed by atoms with van der Waals surface area (Å²) in [6.07, 6.45) is 4.11. The molecule has 2 aromatic carbocycles. The molecule has 3 amide bonds. The number of β-amino-alcohol motifs (C(OH)–C–C–N with tert-alkyl or cyclic N) is 1. The van der Waals surface area contributed by atoms with Crippen molar-refractivity contribution in [1.82, 2.24) is 35.4 Å². The van der Waals surface area contributed by atoms with E-state index in [9.17, 15) is 28.3 Å². The lowest BCUT2D eigenvalue weighted by atomic mass is 9.85. The number of halogens is 2. The Bertz CT molecular complexity index is 2430. The number of rotatable bonds is 18. The predicted molar refractivity (Wildman–Crippen MR) is 247 cm³/mol. The number of fused-ring (bicyclic) bond motifs is 3. The second-order valence-corrected chi connectivity index (χ2v) is 18.8. The van der Waals surface area contributed by atoms with Gasteiger partial charge in [0.05, 0.1) is 59.9 Å². The van der Waals surface area contributed by atoms with Crippen LogP contribution in [-0.4, -0.2) is 111 Å². The van der Waals surface area contributed by atoms with Crippen LogP contribution in [0.4, 0.5) is 8.78 Å². The molecular weight excluding hydrogens is 853 g/mol. The standard InChI is InChI=1S/C49H59F2N7O6S/c1-30-22-37-36-12-8-9-13-38(36)55-43(37)44(57(30)27-41(50)51)39-19-18-35(25-52-39)64-21-11-7-6-10-20-63-28-42(60)56-46(49(3,4)5)48(62)58-26-34(59)23-40(58)47(61)53-24-32-14-16-33(17-15-32)45-31(2)54-29-65-45/h6-9,12-19,25,29-30,34,40-41,44,46,55,59H,10-11,20-24,26-28H2,1-5H3,(H,53,61)(H,56,60)/b7-6+/t30-,34-,40+,44-,46-/m1/s1. The number of H-pyrrole nitrogens is 1. The molecule has 346 valence electrons. The van der Waals surface area contributed by atoms with Crippen LogP contribution in [0.5, 0.6) is 5.75 Å². The van der Waals surface area contributed by atoms with Gasteiger partial charge in [-0.05, 0) is 73.4 Å². The fourth-order valence-electron chi connectivity index (χ4n) is 8.69. The molecule has 5 atom stereocenters. The molecule has 0 spiro atoms. The Hall–Kier alpha value is -5.55. The van der Waals surface area contributed by atoms with Gasteiger partial charge in [0.25, 0.3) is 6.43 Å². The van der Waals surface area contributed by atoms with Crippen molar-refractivity contribution < 1.29 is 37.7 Å². The number of thiazole rings is 1. The van der Waals surface area contributed by atoms with E-state index in [0.717, 1.165) is 43.9 Å². The number of nitrogens with one attached hydrogen (secondary N) is 3. The van der Waals surface area contributed by atoms with E-state index in [1.807, 2.05) is 112 Å². The van der Waals surface area contributed by atoms with Gasteiger partial charge in [0.2, 0.25) is 17.7 Å². The Labute approximate surface area is 382 Å². The summed E-state index contributed by atoms with van der Waals surface area (Å²) in [6.45, 7) is 9.74. The fourth-order valence-corrected chi connectivity index (χ4v) is 9.50. The molecular formula is C49H59F2N7O6S. The van der Waals surface area contributed by atoms with Crippen LogP contribution in [0.1, 0.15) is 81.2 Å². The molecule has 0 radical (unpaired) electrons. The molecule has 16 heteroatoms. The van der Waals surface area contributed by atoms with E-state index in [-0.39, 0.29) is 51.2 Å². The molecule has 5 heterocycles. The number of carbonyl (C=O) groups excluding carboxylic acids is 3. The summed E-state index contributed by atoms with van der Waals surface area (Å²) < 4.78 is 39.1. The zero-order valence-corrected chi connectivity index (χ0v) is 38.4. The summed E-state index contributed by atoms with van der Waals surface area (Å²) in [6, 6.07) is 17.1. The first kappa shape index (κ1) is 47.4. The molecule has 4 N–H and O–H groups in total. The maximum atomic E-state index is 14.0. The number of likely N-dealkylation sites (tertiary alicyclic amines) is 1. The molecule has 5 aromatic rings. The van der Waals surface area contributed by atoms with Gasteiger partial charge in [-0.3, -0.25) is 24.3 Å². The highest BCUT2D eigenvalue weighted by Crippen LogP contribution is 2.41. The second kappa shape index (κ2) is 21.2. The molecule has 1 saturated heterocycles. The van der Waals surface area contributed by atoms with Crippen molar-refractivity contribution in [3.63, 3.8) is 0 Å². The summed E-state index contributed by atoms with van der Waals surface area (Å²) in [7, 11) is 0. The highest BCUT2D eigenvalue weighted by Gasteiger charge is 2.44. The number of amides is 3. The van der Waals surface area contributed by atoms with E-state index in [4.69, 9.17) is 9.47 Å². The quantitative estimate of drug-likeness (QED) is 0.0529. The molecule has 7 rings (SSSR count). The number of benzene rings is 2. The number of aliphatic hydroxyl groups excluding tert-OH is 1. The zero-order chi connectivity index (χ0) is 46.3.